The van der Waals surface area contributed by atoms with Crippen LogP contribution in [0, 0.1) is 0 Å². The van der Waals surface area contributed by atoms with E-state index < -0.39 is 14.4 Å². The molecule has 0 saturated heterocycles. The summed E-state index contributed by atoms with van der Waals surface area (Å²) in [4.78, 5) is 12.0. The molecule has 0 aliphatic heterocycles. The Kier molecular flexibility index (Phi) is 7.60. The largest absolute Gasteiger partial charge is 0.413 e. The molecule has 21 heavy (non-hydrogen) atoms. The fourth-order valence-electron chi connectivity index (χ4n) is 3.25. The third-order valence-electron chi connectivity index (χ3n) is 4.00. The number of hydrogen-bond acceptors (Lipinski definition) is 3. The maximum Gasteiger partial charge on any atom is 0.251 e. The zero-order valence-corrected chi connectivity index (χ0v) is 16.3. The van der Waals surface area contributed by atoms with Crippen LogP contribution in [-0.4, -0.2) is 37.6 Å². The lowest BCUT2D eigenvalue weighted by Crippen LogP contribution is -2.52. The van der Waals surface area contributed by atoms with Crippen LogP contribution >= 0.6 is 0 Å². The van der Waals surface area contributed by atoms with E-state index in [0.29, 0.717) is 16.6 Å². The number of hydrogen-bond donors (Lipinski definition) is 2. The van der Waals surface area contributed by atoms with E-state index in [1.165, 1.54) is 0 Å². The van der Waals surface area contributed by atoms with Crippen molar-refractivity contribution in [2.45, 2.75) is 90.6 Å². The molecule has 0 rings (SSSR count). The number of aliphatic hydroxyl groups excluding tert-OH is 1. The van der Waals surface area contributed by atoms with Gasteiger partial charge in [-0.3, -0.25) is 4.79 Å². The Bertz CT molecular complexity index is 313. The zero-order valence-electron chi connectivity index (χ0n) is 15.3. The maximum absolute atomic E-state index is 12.0. The van der Waals surface area contributed by atoms with E-state index >= 15 is 0 Å². The van der Waals surface area contributed by atoms with Crippen LogP contribution in [0.15, 0.2) is 0 Å². The number of amides is 1. The molecule has 0 saturated carbocycles. The maximum atomic E-state index is 12.0. The molecule has 0 unspecified atom stereocenters. The first-order valence-electron chi connectivity index (χ1n) is 7.98. The molecule has 1 amide bonds. The Labute approximate surface area is 131 Å². The quantitative estimate of drug-likeness (QED) is 0.707. The van der Waals surface area contributed by atoms with Crippen molar-refractivity contribution in [3.05, 3.63) is 0 Å². The van der Waals surface area contributed by atoms with Gasteiger partial charge in [0, 0.05) is 5.54 Å². The molecule has 0 fully saturated rings. The number of nitrogens with one attached hydrogen (secondary N) is 1. The van der Waals surface area contributed by atoms with E-state index in [-0.39, 0.29) is 18.1 Å². The molecule has 5 heteroatoms. The second-order valence-corrected chi connectivity index (χ2v) is 13.3. The molecule has 0 aromatic heterocycles. The highest BCUT2D eigenvalue weighted by Gasteiger charge is 2.45. The number of carbonyl (C=O) groups excluding carboxylic acids is 1. The SMILES string of the molecule is CC(C)[Si](OC[C@@H](O)C(=O)NC(C)(C)C)(C(C)C)C(C)C. The van der Waals surface area contributed by atoms with Gasteiger partial charge in [-0.25, -0.2) is 0 Å². The summed E-state index contributed by atoms with van der Waals surface area (Å²) in [5.74, 6) is -0.360. The molecule has 0 spiro atoms. The second kappa shape index (κ2) is 7.74. The number of rotatable bonds is 7. The lowest BCUT2D eigenvalue weighted by atomic mass is 10.1. The van der Waals surface area contributed by atoms with Crippen molar-refractivity contribution >= 4 is 14.2 Å². The highest BCUT2D eigenvalue weighted by molar-refractivity contribution is 6.77. The van der Waals surface area contributed by atoms with Crippen LogP contribution in [0.5, 0.6) is 0 Å². The van der Waals surface area contributed by atoms with Crippen LogP contribution in [-0.2, 0) is 9.22 Å². The molecule has 0 radical (unpaired) electrons. The fraction of sp³-hybridized carbons (Fsp3) is 0.938. The molecule has 0 aliphatic rings. The molecule has 126 valence electrons. The van der Waals surface area contributed by atoms with E-state index in [0.717, 1.165) is 0 Å². The van der Waals surface area contributed by atoms with E-state index in [1.54, 1.807) is 0 Å². The van der Waals surface area contributed by atoms with E-state index in [1.807, 2.05) is 20.8 Å². The van der Waals surface area contributed by atoms with Gasteiger partial charge in [0.1, 0.15) is 0 Å². The van der Waals surface area contributed by atoms with Gasteiger partial charge in [-0.15, -0.1) is 0 Å². The molecule has 0 aromatic carbocycles. The predicted octanol–water partition coefficient (Wildman–Crippen LogP) is 3.45. The molecule has 0 bridgehead atoms. The summed E-state index contributed by atoms with van der Waals surface area (Å²) in [6.07, 6.45) is -1.10. The van der Waals surface area contributed by atoms with Crippen molar-refractivity contribution in [3.8, 4) is 0 Å². The summed E-state index contributed by atoms with van der Waals surface area (Å²) in [5.41, 5.74) is 0.974. The van der Waals surface area contributed by atoms with Gasteiger partial charge in [-0.05, 0) is 37.4 Å². The van der Waals surface area contributed by atoms with Gasteiger partial charge in [0.25, 0.3) is 5.91 Å². The minimum absolute atomic E-state index is 0.0860. The molecule has 2 N–H and O–H groups in total. The van der Waals surface area contributed by atoms with Crippen LogP contribution in [0.1, 0.15) is 62.3 Å². The monoisotopic (exact) mass is 317 g/mol. The Morgan fingerprint density at radius 1 is 1.05 bits per heavy atom. The van der Waals surface area contributed by atoms with Crippen LogP contribution in [0.2, 0.25) is 16.6 Å². The average Bonchev–Trinajstić information content (AvgIpc) is 2.25. The van der Waals surface area contributed by atoms with Crippen molar-refractivity contribution < 1.29 is 14.3 Å². The van der Waals surface area contributed by atoms with E-state index in [9.17, 15) is 9.90 Å². The summed E-state index contributed by atoms with van der Waals surface area (Å²) in [5, 5.41) is 12.9. The van der Waals surface area contributed by atoms with Crippen molar-refractivity contribution in [1.29, 1.82) is 0 Å². The van der Waals surface area contributed by atoms with Gasteiger partial charge < -0.3 is 14.8 Å². The number of aliphatic hydroxyl groups is 1. The summed E-state index contributed by atoms with van der Waals surface area (Å²) in [6.45, 7) is 18.9. The van der Waals surface area contributed by atoms with Crippen molar-refractivity contribution in [1.82, 2.24) is 5.32 Å². The molecule has 1 atom stereocenters. The first kappa shape index (κ1) is 20.6. The van der Waals surface area contributed by atoms with Crippen molar-refractivity contribution in [2.75, 3.05) is 6.61 Å². The fourth-order valence-corrected chi connectivity index (χ4v) is 8.70. The summed E-state index contributed by atoms with van der Waals surface area (Å²) in [7, 11) is -2.03. The average molecular weight is 318 g/mol. The van der Waals surface area contributed by atoms with Crippen LogP contribution < -0.4 is 5.32 Å². The predicted molar refractivity (Wildman–Crippen MR) is 90.9 cm³/mol. The van der Waals surface area contributed by atoms with Gasteiger partial charge in [0.05, 0.1) is 6.61 Å². The third-order valence-corrected chi connectivity index (χ3v) is 10.1. The van der Waals surface area contributed by atoms with Gasteiger partial charge in [-0.1, -0.05) is 41.5 Å². The van der Waals surface area contributed by atoms with Crippen molar-refractivity contribution in [3.63, 3.8) is 0 Å². The lowest BCUT2D eigenvalue weighted by molar-refractivity contribution is -0.132. The van der Waals surface area contributed by atoms with Gasteiger partial charge >= 0.3 is 0 Å². The highest BCUT2D eigenvalue weighted by atomic mass is 28.4. The molecule has 0 aliphatic carbocycles. The lowest BCUT2D eigenvalue weighted by Gasteiger charge is -2.42. The van der Waals surface area contributed by atoms with Gasteiger partial charge in [-0.2, -0.15) is 0 Å². The van der Waals surface area contributed by atoms with Crippen molar-refractivity contribution in [2.24, 2.45) is 0 Å². The standard InChI is InChI=1S/C16H35NO3Si/c1-11(2)21(12(3)4,13(5)6)20-10-14(18)15(19)17-16(7,8)9/h11-14,18H,10H2,1-9H3,(H,17,19)/t14-/m1/s1. The Hall–Kier alpha value is -0.393. The topological polar surface area (TPSA) is 58.6 Å². The first-order valence-corrected chi connectivity index (χ1v) is 10.1. The van der Waals surface area contributed by atoms with Crippen LogP contribution in [0.25, 0.3) is 0 Å². The summed E-state index contributed by atoms with van der Waals surface area (Å²) < 4.78 is 6.24. The third kappa shape index (κ3) is 5.72. The Morgan fingerprint density at radius 3 is 1.71 bits per heavy atom. The minimum atomic E-state index is -2.03. The highest BCUT2D eigenvalue weighted by Crippen LogP contribution is 2.42. The zero-order chi connectivity index (χ0) is 17.0. The van der Waals surface area contributed by atoms with Crippen LogP contribution in [0.4, 0.5) is 0 Å². The number of carbonyl (C=O) groups is 1. The molecule has 4 nitrogen and oxygen atoms in total. The second-order valence-electron chi connectivity index (χ2n) is 7.88. The van der Waals surface area contributed by atoms with E-state index in [2.05, 4.69) is 46.9 Å². The Morgan fingerprint density at radius 2 is 1.43 bits per heavy atom. The van der Waals surface area contributed by atoms with E-state index in [4.69, 9.17) is 4.43 Å². The summed E-state index contributed by atoms with van der Waals surface area (Å²) >= 11 is 0. The minimum Gasteiger partial charge on any atom is -0.413 e. The molecular weight excluding hydrogens is 282 g/mol. The summed E-state index contributed by atoms with van der Waals surface area (Å²) in [6, 6.07) is 0. The Balaban J connectivity index is 4.88. The normalized spacial score (nSPS) is 14.9. The molecular formula is C16H35NO3Si. The first-order chi connectivity index (χ1) is 9.34. The van der Waals surface area contributed by atoms with Gasteiger partial charge in [0.15, 0.2) is 14.4 Å². The molecule has 0 aromatic rings. The van der Waals surface area contributed by atoms with Gasteiger partial charge in [0.2, 0.25) is 0 Å². The molecule has 0 heterocycles. The smallest absolute Gasteiger partial charge is 0.251 e. The van der Waals surface area contributed by atoms with Crippen LogP contribution in [0.3, 0.4) is 0 Å².